The third kappa shape index (κ3) is 4.64. The van der Waals surface area contributed by atoms with E-state index in [2.05, 4.69) is 25.7 Å². The van der Waals surface area contributed by atoms with Gasteiger partial charge in [0.15, 0.2) is 0 Å². The van der Waals surface area contributed by atoms with E-state index in [0.717, 1.165) is 30.1 Å². The van der Waals surface area contributed by atoms with Crippen LogP contribution in [-0.2, 0) is 4.74 Å². The van der Waals surface area contributed by atoms with Crippen molar-refractivity contribution in [1.29, 1.82) is 0 Å². The summed E-state index contributed by atoms with van der Waals surface area (Å²) in [7, 11) is 1.65. The lowest BCUT2D eigenvalue weighted by molar-refractivity contribution is 0.0162. The van der Waals surface area contributed by atoms with Crippen LogP contribution in [0.4, 0.5) is 0 Å². The summed E-state index contributed by atoms with van der Waals surface area (Å²) in [6, 6.07) is 15.2. The zero-order chi connectivity index (χ0) is 20.8. The Morgan fingerprint density at radius 1 is 1.20 bits per heavy atom. The molecular formula is C21H24N6O3. The van der Waals surface area contributed by atoms with Crippen LogP contribution >= 0.6 is 0 Å². The first-order chi connectivity index (χ1) is 14.7. The van der Waals surface area contributed by atoms with Crippen molar-refractivity contribution in [2.75, 3.05) is 40.0 Å². The quantitative estimate of drug-likeness (QED) is 0.633. The van der Waals surface area contributed by atoms with E-state index < -0.39 is 0 Å². The highest BCUT2D eigenvalue weighted by Crippen LogP contribution is 2.24. The molecule has 30 heavy (non-hydrogen) atoms. The fourth-order valence-corrected chi connectivity index (χ4v) is 3.53. The molecule has 4 rings (SSSR count). The largest absolute Gasteiger partial charge is 0.497 e. The molecule has 9 heteroatoms. The minimum absolute atomic E-state index is 0.0476. The smallest absolute Gasteiger partial charge is 0.251 e. The van der Waals surface area contributed by atoms with Gasteiger partial charge in [-0.25, -0.2) is 4.68 Å². The van der Waals surface area contributed by atoms with Crippen molar-refractivity contribution in [3.8, 4) is 11.4 Å². The number of morpholine rings is 1. The average molecular weight is 408 g/mol. The number of aromatic nitrogens is 4. The fourth-order valence-electron chi connectivity index (χ4n) is 3.53. The molecule has 156 valence electrons. The van der Waals surface area contributed by atoms with Crippen LogP contribution in [0.2, 0.25) is 0 Å². The Kier molecular flexibility index (Phi) is 6.31. The van der Waals surface area contributed by atoms with E-state index >= 15 is 0 Å². The summed E-state index contributed by atoms with van der Waals surface area (Å²) < 4.78 is 12.3. The minimum Gasteiger partial charge on any atom is -0.497 e. The highest BCUT2D eigenvalue weighted by atomic mass is 16.5. The molecule has 1 N–H and O–H groups in total. The molecule has 0 spiro atoms. The SMILES string of the molecule is COc1ccc([C@H](CNC(=O)c2cccc(-n3cnnn3)c2)N2CCOCC2)cc1. The van der Waals surface area contributed by atoms with Crippen LogP contribution in [0.15, 0.2) is 54.9 Å². The molecule has 0 unspecified atom stereocenters. The van der Waals surface area contributed by atoms with E-state index in [0.29, 0.717) is 25.3 Å². The number of nitrogens with one attached hydrogen (secondary N) is 1. The summed E-state index contributed by atoms with van der Waals surface area (Å²) in [6.45, 7) is 3.51. The molecule has 0 bridgehead atoms. The highest BCUT2D eigenvalue weighted by molar-refractivity contribution is 5.94. The van der Waals surface area contributed by atoms with E-state index in [-0.39, 0.29) is 11.9 Å². The molecule has 0 saturated carbocycles. The first-order valence-electron chi connectivity index (χ1n) is 9.82. The summed E-state index contributed by atoms with van der Waals surface area (Å²) in [5.41, 5.74) is 2.41. The van der Waals surface area contributed by atoms with Gasteiger partial charge < -0.3 is 14.8 Å². The number of hydrogen-bond acceptors (Lipinski definition) is 7. The van der Waals surface area contributed by atoms with Crippen LogP contribution in [0.3, 0.4) is 0 Å². The standard InChI is InChI=1S/C21H24N6O3/c1-29-19-7-5-16(6-8-19)20(26-9-11-30-12-10-26)14-22-21(28)17-3-2-4-18(13-17)27-15-23-24-25-27/h2-8,13,15,20H,9-12,14H2,1H3,(H,22,28)/t20-/m0/s1. The van der Waals surface area contributed by atoms with Gasteiger partial charge in [-0.1, -0.05) is 18.2 Å². The maximum Gasteiger partial charge on any atom is 0.251 e. The predicted molar refractivity (Wildman–Crippen MR) is 110 cm³/mol. The number of carbonyl (C=O) groups excluding carboxylic acids is 1. The highest BCUT2D eigenvalue weighted by Gasteiger charge is 2.23. The van der Waals surface area contributed by atoms with Gasteiger partial charge in [-0.2, -0.15) is 0 Å². The molecule has 3 aromatic rings. The third-order valence-corrected chi connectivity index (χ3v) is 5.16. The van der Waals surface area contributed by atoms with E-state index in [1.165, 1.54) is 11.0 Å². The first-order valence-corrected chi connectivity index (χ1v) is 9.82. The number of methoxy groups -OCH3 is 1. The molecule has 2 aromatic carbocycles. The molecule has 1 fully saturated rings. The Hall–Kier alpha value is -3.30. The van der Waals surface area contributed by atoms with E-state index in [1.807, 2.05) is 36.4 Å². The summed E-state index contributed by atoms with van der Waals surface area (Å²) in [4.78, 5) is 15.2. The molecule has 1 atom stereocenters. The molecule has 1 amide bonds. The molecule has 1 aromatic heterocycles. The minimum atomic E-state index is -0.142. The molecule has 0 radical (unpaired) electrons. The second kappa shape index (κ2) is 9.47. The molecule has 2 heterocycles. The van der Waals surface area contributed by atoms with Gasteiger partial charge in [0.2, 0.25) is 0 Å². The summed E-state index contributed by atoms with van der Waals surface area (Å²) in [6.07, 6.45) is 1.50. The van der Waals surface area contributed by atoms with Crippen LogP contribution in [-0.4, -0.2) is 71.0 Å². The molecule has 1 saturated heterocycles. The molecule has 1 aliphatic heterocycles. The summed E-state index contributed by atoms with van der Waals surface area (Å²) in [5, 5.41) is 14.2. The van der Waals surface area contributed by atoms with Crippen molar-refractivity contribution in [1.82, 2.24) is 30.4 Å². The van der Waals surface area contributed by atoms with Crippen LogP contribution in [0.25, 0.3) is 5.69 Å². The lowest BCUT2D eigenvalue weighted by atomic mass is 10.0. The molecular weight excluding hydrogens is 384 g/mol. The normalized spacial score (nSPS) is 15.5. The molecule has 9 nitrogen and oxygen atoms in total. The number of carbonyl (C=O) groups is 1. The fraction of sp³-hybridized carbons (Fsp3) is 0.333. The van der Waals surface area contributed by atoms with E-state index in [9.17, 15) is 4.79 Å². The third-order valence-electron chi connectivity index (χ3n) is 5.16. The van der Waals surface area contributed by atoms with Crippen LogP contribution < -0.4 is 10.1 Å². The van der Waals surface area contributed by atoms with Gasteiger partial charge in [0.05, 0.1) is 32.1 Å². The number of ether oxygens (including phenoxy) is 2. The van der Waals surface area contributed by atoms with Gasteiger partial charge in [0, 0.05) is 25.2 Å². The Morgan fingerprint density at radius 3 is 2.70 bits per heavy atom. The van der Waals surface area contributed by atoms with Crippen molar-refractivity contribution in [3.05, 3.63) is 66.0 Å². The van der Waals surface area contributed by atoms with Gasteiger partial charge >= 0.3 is 0 Å². The van der Waals surface area contributed by atoms with E-state index in [4.69, 9.17) is 9.47 Å². The average Bonchev–Trinajstić information content (AvgIpc) is 3.35. The number of tetrazole rings is 1. The topological polar surface area (TPSA) is 94.4 Å². The van der Waals surface area contributed by atoms with Gasteiger partial charge in [-0.15, -0.1) is 5.10 Å². The Labute approximate surface area is 174 Å². The van der Waals surface area contributed by atoms with Gasteiger partial charge in [-0.05, 0) is 46.3 Å². The van der Waals surface area contributed by atoms with Gasteiger partial charge in [-0.3, -0.25) is 9.69 Å². The van der Waals surface area contributed by atoms with Crippen LogP contribution in [0.1, 0.15) is 22.0 Å². The van der Waals surface area contributed by atoms with Crippen molar-refractivity contribution in [2.45, 2.75) is 6.04 Å². The van der Waals surface area contributed by atoms with Crippen molar-refractivity contribution < 1.29 is 14.3 Å². The Balaban J connectivity index is 1.48. The Morgan fingerprint density at radius 2 is 2.00 bits per heavy atom. The summed E-state index contributed by atoms with van der Waals surface area (Å²) >= 11 is 0. The zero-order valence-corrected chi connectivity index (χ0v) is 16.8. The zero-order valence-electron chi connectivity index (χ0n) is 16.8. The monoisotopic (exact) mass is 408 g/mol. The predicted octanol–water partition coefficient (Wildman–Crippen LogP) is 1.47. The van der Waals surface area contributed by atoms with Crippen LogP contribution in [0, 0.1) is 0 Å². The van der Waals surface area contributed by atoms with Gasteiger partial charge in [0.25, 0.3) is 5.91 Å². The van der Waals surface area contributed by atoms with Crippen molar-refractivity contribution in [2.24, 2.45) is 0 Å². The van der Waals surface area contributed by atoms with Crippen LogP contribution in [0.5, 0.6) is 5.75 Å². The Bertz CT molecular complexity index is 955. The van der Waals surface area contributed by atoms with Crippen molar-refractivity contribution in [3.63, 3.8) is 0 Å². The second-order valence-electron chi connectivity index (χ2n) is 6.95. The lowest BCUT2D eigenvalue weighted by Gasteiger charge is -2.35. The van der Waals surface area contributed by atoms with Crippen molar-refractivity contribution >= 4 is 5.91 Å². The number of nitrogens with zero attached hydrogens (tertiary/aromatic N) is 5. The number of hydrogen-bond donors (Lipinski definition) is 1. The molecule has 1 aliphatic rings. The first kappa shape index (κ1) is 20.0. The van der Waals surface area contributed by atoms with E-state index in [1.54, 1.807) is 19.2 Å². The number of rotatable bonds is 7. The van der Waals surface area contributed by atoms with Gasteiger partial charge in [0.1, 0.15) is 12.1 Å². The molecule has 0 aliphatic carbocycles. The second-order valence-corrected chi connectivity index (χ2v) is 6.95. The maximum absolute atomic E-state index is 12.9. The summed E-state index contributed by atoms with van der Waals surface area (Å²) in [5.74, 6) is 0.666. The number of benzene rings is 2. The lowest BCUT2D eigenvalue weighted by Crippen LogP contribution is -2.43. The maximum atomic E-state index is 12.9. The number of amides is 1.